The molecule has 4 amide bonds. The second kappa shape index (κ2) is 19.6. The van der Waals surface area contributed by atoms with Crippen molar-refractivity contribution in [3.8, 4) is 33.6 Å². The molecule has 0 spiro atoms. The third-order valence-corrected chi connectivity index (χ3v) is 12.7. The van der Waals surface area contributed by atoms with E-state index in [2.05, 4.69) is 87.3 Å². The zero-order valence-corrected chi connectivity index (χ0v) is 38.3. The minimum absolute atomic E-state index is 0.107. The first kappa shape index (κ1) is 46.3. The number of amides is 4. The highest BCUT2D eigenvalue weighted by Gasteiger charge is 2.45. The maximum atomic E-state index is 14.0. The van der Waals surface area contributed by atoms with E-state index in [0.29, 0.717) is 31.3 Å². The second-order valence-electron chi connectivity index (χ2n) is 17.9. The monoisotopic (exact) mass is 884 g/mol. The summed E-state index contributed by atoms with van der Waals surface area (Å²) in [5.74, 6) is 0.335. The van der Waals surface area contributed by atoms with E-state index in [9.17, 15) is 19.2 Å². The third-order valence-electron chi connectivity index (χ3n) is 12.7. The van der Waals surface area contributed by atoms with Gasteiger partial charge in [-0.2, -0.15) is 0 Å². The normalized spacial score (nSPS) is 17.5. The number of hydrogen-bond donors (Lipinski definition) is 4. The van der Waals surface area contributed by atoms with Crippen molar-refractivity contribution in [2.45, 2.75) is 65.2 Å². The van der Waals surface area contributed by atoms with Crippen LogP contribution in [0.3, 0.4) is 0 Å². The first-order valence-electron chi connectivity index (χ1n) is 22.0. The maximum Gasteiger partial charge on any atom is 0.407 e. The molecule has 65 heavy (non-hydrogen) atoms. The summed E-state index contributed by atoms with van der Waals surface area (Å²) >= 11 is 0. The van der Waals surface area contributed by atoms with Crippen LogP contribution in [0.4, 0.5) is 9.59 Å². The highest BCUT2D eigenvalue weighted by atomic mass is 16.5. The van der Waals surface area contributed by atoms with Crippen LogP contribution in [0.15, 0.2) is 97.9 Å². The molecule has 3 heterocycles. The van der Waals surface area contributed by atoms with E-state index in [-0.39, 0.29) is 41.5 Å². The third kappa shape index (κ3) is 10.1. The van der Waals surface area contributed by atoms with E-state index < -0.39 is 30.3 Å². The number of hydrogen-bond acceptors (Lipinski definition) is 9. The lowest BCUT2D eigenvalue weighted by molar-refractivity contribution is -0.136. The SMILES string of the molecule is C=CC1(CN(Cc2ncc(-c3ccc4cc(-c5ccc(-c6cnc([C@@H]7C(=C)[C@@H](COC)CN7C(=O)[C@@H](NC(=O)OC)C(C)C)[nH]6)cc5)ccc4c3)[nH]2)C(=O)[C@@H](NC(=O)OC)C(C)C)CC1. The van der Waals surface area contributed by atoms with Crippen molar-refractivity contribution in [2.24, 2.45) is 23.2 Å². The second-order valence-corrected chi connectivity index (χ2v) is 17.9. The summed E-state index contributed by atoms with van der Waals surface area (Å²) in [6.07, 6.45) is 6.07. The maximum absolute atomic E-state index is 14.0. The fourth-order valence-corrected chi connectivity index (χ4v) is 8.57. The van der Waals surface area contributed by atoms with E-state index in [0.717, 1.165) is 62.8 Å². The number of likely N-dealkylation sites (tertiary alicyclic amines) is 1. The predicted molar refractivity (Wildman–Crippen MR) is 249 cm³/mol. The molecule has 1 aliphatic carbocycles. The van der Waals surface area contributed by atoms with Crippen molar-refractivity contribution < 1.29 is 33.4 Å². The molecule has 15 heteroatoms. The van der Waals surface area contributed by atoms with Crippen LogP contribution in [-0.4, -0.2) is 107 Å². The van der Waals surface area contributed by atoms with Gasteiger partial charge in [0.1, 0.15) is 29.8 Å². The number of benzene rings is 3. The van der Waals surface area contributed by atoms with Gasteiger partial charge in [-0.25, -0.2) is 19.6 Å². The van der Waals surface area contributed by atoms with Crippen LogP contribution in [0.2, 0.25) is 0 Å². The van der Waals surface area contributed by atoms with Gasteiger partial charge in [-0.15, -0.1) is 6.58 Å². The first-order valence-corrected chi connectivity index (χ1v) is 22.0. The first-order chi connectivity index (χ1) is 31.2. The van der Waals surface area contributed by atoms with Gasteiger partial charge in [-0.1, -0.05) is 88.9 Å². The minimum Gasteiger partial charge on any atom is -0.453 e. The number of carbonyl (C=O) groups is 4. The Bertz CT molecular complexity index is 2560. The summed E-state index contributed by atoms with van der Waals surface area (Å²) in [6, 6.07) is 18.8. The quantitative estimate of drug-likeness (QED) is 0.0672. The summed E-state index contributed by atoms with van der Waals surface area (Å²) < 4.78 is 15.1. The molecule has 342 valence electrons. The molecule has 1 saturated heterocycles. The number of fused-ring (bicyclic) bond motifs is 1. The summed E-state index contributed by atoms with van der Waals surface area (Å²) in [6.45, 7) is 17.4. The lowest BCUT2D eigenvalue weighted by Crippen LogP contribution is -2.52. The van der Waals surface area contributed by atoms with Crippen LogP contribution in [0.5, 0.6) is 0 Å². The summed E-state index contributed by atoms with van der Waals surface area (Å²) in [4.78, 5) is 72.0. The molecule has 0 bridgehead atoms. The molecule has 1 aliphatic heterocycles. The van der Waals surface area contributed by atoms with Crippen molar-refractivity contribution in [3.63, 3.8) is 0 Å². The molecule has 2 fully saturated rings. The number of nitrogens with zero attached hydrogens (tertiary/aromatic N) is 4. The van der Waals surface area contributed by atoms with E-state index in [1.165, 1.54) is 14.2 Å². The molecule has 4 N–H and O–H groups in total. The molecule has 2 aromatic heterocycles. The van der Waals surface area contributed by atoms with E-state index in [4.69, 9.17) is 19.2 Å². The standard InChI is InChI=1S/C50H60N8O7/c1-10-50(19-20-50)28-57(46(59)42(29(2)3)55-48(61)64-8)26-41-51-23-40(53-41)37-18-17-35-21-34(15-16-36(35)22-37)32-11-13-33(14-12-32)39-24-52-45(54-39)44-31(6)38(27-63-7)25-58(44)47(60)43(30(4)5)56-49(62)65-9/h10-18,21-24,29-30,38,42-44H,1,6,19-20,25-28H2,2-5,7-9H3,(H,51,53)(H,52,54)(H,55,61)(H,56,62)/t38-,42+,43+,44+/m1/s1. The molecule has 0 unspecified atom stereocenters. The fourth-order valence-electron chi connectivity index (χ4n) is 8.57. The zero-order chi connectivity index (χ0) is 46.6. The Kier molecular flexibility index (Phi) is 13.9. The fraction of sp³-hybridized carbons (Fsp3) is 0.400. The Labute approximate surface area is 380 Å². The highest BCUT2D eigenvalue weighted by Crippen LogP contribution is 2.47. The molecule has 4 atom stereocenters. The van der Waals surface area contributed by atoms with Gasteiger partial charge in [0.05, 0.1) is 51.2 Å². The number of aromatic amines is 2. The number of ether oxygens (including phenoxy) is 3. The molecule has 5 aromatic rings. The Morgan fingerprint density at radius 3 is 1.98 bits per heavy atom. The Morgan fingerprint density at radius 2 is 1.38 bits per heavy atom. The highest BCUT2D eigenvalue weighted by molar-refractivity contribution is 5.91. The average Bonchev–Trinajstić information content (AvgIpc) is 3.56. The molecule has 15 nitrogen and oxygen atoms in total. The number of methoxy groups -OCH3 is 3. The minimum atomic E-state index is -0.796. The smallest absolute Gasteiger partial charge is 0.407 e. The molecule has 2 aliphatic rings. The number of nitrogens with one attached hydrogen (secondary N) is 4. The van der Waals surface area contributed by atoms with E-state index in [1.54, 1.807) is 29.3 Å². The van der Waals surface area contributed by atoms with Crippen molar-refractivity contribution in [3.05, 3.63) is 110 Å². The summed E-state index contributed by atoms with van der Waals surface area (Å²) in [5.41, 5.74) is 6.29. The lowest BCUT2D eigenvalue weighted by Gasteiger charge is -2.31. The summed E-state index contributed by atoms with van der Waals surface area (Å²) in [5, 5.41) is 7.55. The summed E-state index contributed by atoms with van der Waals surface area (Å²) in [7, 11) is 4.18. The van der Waals surface area contributed by atoms with Crippen LogP contribution in [0.25, 0.3) is 44.4 Å². The molecule has 1 saturated carbocycles. The van der Waals surface area contributed by atoms with Crippen LogP contribution in [0.1, 0.15) is 58.2 Å². The van der Waals surface area contributed by atoms with Gasteiger partial charge in [-0.3, -0.25) is 9.59 Å². The molecule has 7 rings (SSSR count). The van der Waals surface area contributed by atoms with Gasteiger partial charge in [-0.05, 0) is 69.8 Å². The van der Waals surface area contributed by atoms with Gasteiger partial charge < -0.3 is 44.6 Å². The number of alkyl carbamates (subject to hydrolysis) is 2. The topological polar surface area (TPSA) is 184 Å². The Hall–Kier alpha value is -6.74. The van der Waals surface area contributed by atoms with E-state index in [1.807, 2.05) is 45.9 Å². The number of carbonyl (C=O) groups excluding carboxylic acids is 4. The molecule has 0 radical (unpaired) electrons. The largest absolute Gasteiger partial charge is 0.453 e. The molecular formula is C50H60N8O7. The van der Waals surface area contributed by atoms with Crippen LogP contribution < -0.4 is 10.6 Å². The number of aromatic nitrogens is 4. The average molecular weight is 885 g/mol. The number of rotatable bonds is 17. The number of H-pyrrole nitrogens is 2. The van der Waals surface area contributed by atoms with E-state index >= 15 is 0 Å². The molecular weight excluding hydrogens is 825 g/mol. The van der Waals surface area contributed by atoms with Crippen molar-refractivity contribution in [1.29, 1.82) is 0 Å². The lowest BCUT2D eigenvalue weighted by atomic mass is 9.98. The Balaban J connectivity index is 1.06. The van der Waals surface area contributed by atoms with Gasteiger partial charge in [0.15, 0.2) is 0 Å². The van der Waals surface area contributed by atoms with Crippen molar-refractivity contribution in [2.75, 3.05) is 41.0 Å². The van der Waals surface area contributed by atoms with Gasteiger partial charge >= 0.3 is 12.2 Å². The van der Waals surface area contributed by atoms with Crippen molar-refractivity contribution >= 4 is 34.8 Å². The van der Waals surface area contributed by atoms with Crippen LogP contribution in [0, 0.1) is 23.2 Å². The van der Waals surface area contributed by atoms with Gasteiger partial charge in [0, 0.05) is 37.1 Å². The predicted octanol–water partition coefficient (Wildman–Crippen LogP) is 8.05. The van der Waals surface area contributed by atoms with Crippen LogP contribution >= 0.6 is 0 Å². The molecule has 3 aromatic carbocycles. The van der Waals surface area contributed by atoms with Gasteiger partial charge in [0.25, 0.3) is 0 Å². The Morgan fingerprint density at radius 1 is 0.815 bits per heavy atom. The zero-order valence-electron chi connectivity index (χ0n) is 38.3. The van der Waals surface area contributed by atoms with Crippen LogP contribution in [-0.2, 0) is 30.3 Å². The van der Waals surface area contributed by atoms with Gasteiger partial charge in [0.2, 0.25) is 11.8 Å². The number of imidazole rings is 2. The van der Waals surface area contributed by atoms with Crippen molar-refractivity contribution in [1.82, 2.24) is 40.4 Å².